The van der Waals surface area contributed by atoms with Gasteiger partial charge in [-0.1, -0.05) is 43.6 Å². The number of fused-ring (bicyclic) bond motifs is 3. The second-order valence-corrected chi connectivity index (χ2v) is 13.8. The molecule has 0 fully saturated rings. The van der Waals surface area contributed by atoms with E-state index in [1.807, 2.05) is 31.2 Å². The Morgan fingerprint density at radius 3 is 1.52 bits per heavy atom. The van der Waals surface area contributed by atoms with Crippen LogP contribution in [0.4, 0.5) is 22.7 Å². The maximum atomic E-state index is 11.4. The van der Waals surface area contributed by atoms with Crippen molar-refractivity contribution in [2.45, 2.75) is 66.2 Å². The first-order valence-corrected chi connectivity index (χ1v) is 20.4. The first-order valence-electron chi connectivity index (χ1n) is 19.2. The van der Waals surface area contributed by atoms with Gasteiger partial charge in [0.2, 0.25) is 0 Å². The molecule has 0 unspecified atom stereocenters. The number of aromatic hydroxyl groups is 1. The van der Waals surface area contributed by atoms with Crippen LogP contribution in [-0.2, 0) is 34.7 Å². The van der Waals surface area contributed by atoms with E-state index in [2.05, 4.69) is 35.8 Å². The minimum atomic E-state index is -0.633. The number of rotatable bonds is 12. The number of nitrogen functional groups attached to an aromatic ring is 1. The van der Waals surface area contributed by atoms with Crippen molar-refractivity contribution >= 4 is 89.4 Å². The van der Waals surface area contributed by atoms with E-state index >= 15 is 0 Å². The molecule has 7 rings (SSSR count). The average Bonchev–Trinajstić information content (AvgIpc) is 4.00. The monoisotopic (exact) mass is 972 g/mol. The molecule has 19 heteroatoms. The van der Waals surface area contributed by atoms with E-state index in [-0.39, 0.29) is 62.8 Å². The van der Waals surface area contributed by atoms with Gasteiger partial charge in [-0.25, -0.2) is 0 Å². The summed E-state index contributed by atoms with van der Waals surface area (Å²) in [5.41, 5.74) is 8.38. The molecule has 334 valence electrons. The average molecular weight is 974 g/mol. The summed E-state index contributed by atoms with van der Waals surface area (Å²) in [5, 5.41) is 43.2. The SMILES string of the molecule is CCC(=O)CBr.CCC(=O)c1cc2cc([N+](=O)[O-])ccc2o1.CCCc1cc2cc(N)ccc2o1.CCCc1cc2cc([N+](=O)[O-])ccc2o1.O=Cc1cc([N+](=O)[O-])ccc1O.[Fe]. The molecule has 0 bridgehead atoms. The standard InChI is InChI=1S/C11H9NO4.C11H11NO3.C11H13NO.C7H5NO4.C4H7BrO.Fe/c1-2-9(13)11-6-7-5-8(12(14)15)3-4-10(7)16-11;1-2-3-10-7-8-6-9(12(13)14)4-5-11(8)15-10;1-2-3-10-7-8-6-9(12)4-5-11(8)13-10;9-4-5-3-6(8(11)12)1-2-7(5)10;1-2-4(6)3-5;/h3-6H,2H2,1H3;4-7H,2-3H2,1H3;4-7H,2-3,12H2,1H3;1-4,10H;2-3H2,1H3;. The summed E-state index contributed by atoms with van der Waals surface area (Å²) in [6, 6.07) is 23.3. The fourth-order valence-electron chi connectivity index (χ4n) is 5.36. The second kappa shape index (κ2) is 25.9. The molecule has 3 aromatic heterocycles. The molecule has 0 radical (unpaired) electrons. The van der Waals surface area contributed by atoms with Crippen molar-refractivity contribution in [2.24, 2.45) is 0 Å². The number of nitro benzene ring substituents is 3. The molecule has 0 aliphatic rings. The third-order valence-corrected chi connectivity index (χ3v) is 9.17. The molecule has 7 aromatic rings. The Kier molecular flexibility index (Phi) is 21.6. The van der Waals surface area contributed by atoms with Crippen molar-refractivity contribution in [3.8, 4) is 5.75 Å². The van der Waals surface area contributed by atoms with Crippen molar-refractivity contribution in [3.05, 3.63) is 144 Å². The van der Waals surface area contributed by atoms with Crippen molar-refractivity contribution in [3.63, 3.8) is 0 Å². The Balaban J connectivity index is 0.000000277. The Morgan fingerprint density at radius 2 is 1.10 bits per heavy atom. The molecular weight excluding hydrogens is 928 g/mol. The summed E-state index contributed by atoms with van der Waals surface area (Å²) in [7, 11) is 0. The summed E-state index contributed by atoms with van der Waals surface area (Å²) in [4.78, 5) is 61.5. The molecule has 3 N–H and O–H groups in total. The number of carbonyl (C=O) groups excluding carboxylic acids is 3. The number of Topliss-reactive ketones (excluding diaryl/α,β-unsaturated/α-hetero) is 2. The number of phenolic OH excluding ortho intramolecular Hbond substituents is 1. The van der Waals surface area contributed by atoms with E-state index in [4.69, 9.17) is 24.1 Å². The van der Waals surface area contributed by atoms with Crippen LogP contribution in [0.25, 0.3) is 32.9 Å². The summed E-state index contributed by atoms with van der Waals surface area (Å²) in [6.45, 7) is 7.79. The molecule has 0 amide bonds. The van der Waals surface area contributed by atoms with Crippen molar-refractivity contribution in [1.29, 1.82) is 0 Å². The zero-order chi connectivity index (χ0) is 45.9. The summed E-state index contributed by atoms with van der Waals surface area (Å²) < 4.78 is 16.4. The molecule has 0 saturated heterocycles. The van der Waals surface area contributed by atoms with E-state index in [0.717, 1.165) is 77.4 Å². The van der Waals surface area contributed by atoms with Crippen LogP contribution in [0.3, 0.4) is 0 Å². The topological polar surface area (TPSA) is 266 Å². The number of nitrogens with two attached hydrogens (primary N) is 1. The van der Waals surface area contributed by atoms with Gasteiger partial charge in [0.05, 0.1) is 25.7 Å². The van der Waals surface area contributed by atoms with Gasteiger partial charge < -0.3 is 24.1 Å². The van der Waals surface area contributed by atoms with Crippen LogP contribution in [0.1, 0.15) is 85.8 Å². The molecule has 0 atom stereocenters. The number of alkyl halides is 1. The van der Waals surface area contributed by atoms with Gasteiger partial charge in [-0.15, -0.1) is 0 Å². The molecule has 0 saturated carbocycles. The quantitative estimate of drug-likeness (QED) is 0.0219. The maximum Gasteiger partial charge on any atom is 0.270 e. The number of aryl methyl sites for hydroxylation is 2. The molecule has 4 aromatic carbocycles. The van der Waals surface area contributed by atoms with Gasteiger partial charge >= 0.3 is 0 Å². The molecular formula is C44H45BrFeN4O13. The molecule has 3 heterocycles. The van der Waals surface area contributed by atoms with Gasteiger partial charge in [-0.2, -0.15) is 0 Å². The number of furan rings is 3. The molecule has 0 aliphatic carbocycles. The summed E-state index contributed by atoms with van der Waals surface area (Å²) in [5.74, 6) is 2.07. The Morgan fingerprint density at radius 1 is 0.651 bits per heavy atom. The summed E-state index contributed by atoms with van der Waals surface area (Å²) in [6.07, 6.45) is 5.32. The summed E-state index contributed by atoms with van der Waals surface area (Å²) >= 11 is 3.03. The number of hydrogen-bond acceptors (Lipinski definition) is 14. The number of halogens is 1. The first-order chi connectivity index (χ1) is 29.6. The third-order valence-electron chi connectivity index (χ3n) is 8.54. The van der Waals surface area contributed by atoms with E-state index < -0.39 is 14.8 Å². The minimum absolute atomic E-state index is 0. The van der Waals surface area contributed by atoms with Crippen molar-refractivity contribution < 1.29 is 64.6 Å². The fraction of sp³-hybridized carbons (Fsp3) is 0.250. The van der Waals surface area contributed by atoms with Crippen LogP contribution >= 0.6 is 15.9 Å². The number of phenols is 1. The Bertz CT molecular complexity index is 2670. The Hall–Kier alpha value is -6.69. The molecule has 0 aliphatic heterocycles. The third kappa shape index (κ3) is 15.9. The van der Waals surface area contributed by atoms with E-state index in [1.165, 1.54) is 36.4 Å². The number of ketones is 2. The Labute approximate surface area is 379 Å². The number of nitro groups is 3. The van der Waals surface area contributed by atoms with Crippen LogP contribution in [-0.4, -0.2) is 43.1 Å². The number of carbonyl (C=O) groups is 3. The second-order valence-electron chi connectivity index (χ2n) is 13.2. The van der Waals surface area contributed by atoms with Crippen molar-refractivity contribution in [1.82, 2.24) is 0 Å². The number of nitrogens with zero attached hydrogens (tertiary/aromatic N) is 3. The molecule has 63 heavy (non-hydrogen) atoms. The van der Waals surface area contributed by atoms with Gasteiger partial charge in [-0.05, 0) is 67.4 Å². The normalized spacial score (nSPS) is 10.0. The molecule has 17 nitrogen and oxygen atoms in total. The van der Waals surface area contributed by atoms with Crippen LogP contribution in [0.2, 0.25) is 0 Å². The van der Waals surface area contributed by atoms with E-state index in [0.29, 0.717) is 41.0 Å². The fourth-order valence-corrected chi connectivity index (χ4v) is 5.75. The van der Waals surface area contributed by atoms with Crippen LogP contribution in [0, 0.1) is 30.3 Å². The maximum absolute atomic E-state index is 11.4. The number of anilines is 1. The van der Waals surface area contributed by atoms with E-state index in [1.54, 1.807) is 13.0 Å². The first kappa shape index (κ1) is 52.4. The van der Waals surface area contributed by atoms with Crippen LogP contribution in [0.5, 0.6) is 5.75 Å². The van der Waals surface area contributed by atoms with Gasteiger partial charge in [0, 0.05) is 101 Å². The minimum Gasteiger partial charge on any atom is -0.507 e. The predicted molar refractivity (Wildman–Crippen MR) is 238 cm³/mol. The number of hydrogen-bond donors (Lipinski definition) is 2. The number of benzene rings is 4. The number of non-ortho nitro benzene ring substituents is 3. The predicted octanol–water partition coefficient (Wildman–Crippen LogP) is 11.7. The van der Waals surface area contributed by atoms with Crippen LogP contribution < -0.4 is 5.73 Å². The molecule has 0 spiro atoms. The van der Waals surface area contributed by atoms with Gasteiger partial charge in [0.25, 0.3) is 17.1 Å². The largest absolute Gasteiger partial charge is 0.507 e. The zero-order valence-electron chi connectivity index (χ0n) is 34.7. The van der Waals surface area contributed by atoms with Crippen LogP contribution in [0.15, 0.2) is 104 Å². The number of aldehydes is 1. The smallest absolute Gasteiger partial charge is 0.270 e. The van der Waals surface area contributed by atoms with Gasteiger partial charge in [0.15, 0.2) is 17.8 Å². The van der Waals surface area contributed by atoms with E-state index in [9.17, 15) is 44.7 Å². The van der Waals surface area contributed by atoms with Crippen molar-refractivity contribution in [2.75, 3.05) is 11.1 Å². The van der Waals surface area contributed by atoms with Gasteiger partial charge in [-0.3, -0.25) is 44.7 Å². The zero-order valence-corrected chi connectivity index (χ0v) is 37.4. The van der Waals surface area contributed by atoms with Gasteiger partial charge in [0.1, 0.15) is 39.8 Å².